The van der Waals surface area contributed by atoms with Gasteiger partial charge in [0.05, 0.1) is 18.4 Å². The molecule has 14 heavy (non-hydrogen) atoms. The van der Waals surface area contributed by atoms with Gasteiger partial charge in [0.15, 0.2) is 0 Å². The Morgan fingerprint density at radius 1 is 1.29 bits per heavy atom. The minimum Gasteiger partial charge on any atom is -0.361 e. The molecule has 1 saturated heterocycles. The van der Waals surface area contributed by atoms with Crippen molar-refractivity contribution in [2.75, 3.05) is 26.7 Å². The zero-order valence-corrected chi connectivity index (χ0v) is 9.32. The summed E-state index contributed by atoms with van der Waals surface area (Å²) in [7, 11) is 2.12. The van der Waals surface area contributed by atoms with Gasteiger partial charge in [0, 0.05) is 13.6 Å². The van der Waals surface area contributed by atoms with E-state index in [2.05, 4.69) is 28.8 Å². The van der Waals surface area contributed by atoms with Crippen molar-refractivity contribution < 1.29 is 0 Å². The highest BCUT2D eigenvalue weighted by molar-refractivity contribution is 5.58. The summed E-state index contributed by atoms with van der Waals surface area (Å²) in [6.45, 7) is 5.98. The highest BCUT2D eigenvalue weighted by Gasteiger charge is 2.26. The summed E-state index contributed by atoms with van der Waals surface area (Å²) in [6, 6.07) is 1.08. The van der Waals surface area contributed by atoms with Crippen LogP contribution in [0.1, 0.15) is 26.2 Å². The van der Waals surface area contributed by atoms with E-state index in [1.807, 2.05) is 6.34 Å². The highest BCUT2D eigenvalue weighted by atomic mass is 15.3. The second kappa shape index (κ2) is 4.30. The molecule has 3 nitrogen and oxygen atoms in total. The molecule has 0 aromatic heterocycles. The molecule has 0 amide bonds. The third kappa shape index (κ3) is 2.08. The molecule has 0 saturated carbocycles. The number of hydrogen-bond donors (Lipinski definition) is 0. The Labute approximate surface area is 86.8 Å². The Bertz CT molecular complexity index is 209. The number of piperidine rings is 1. The molecule has 0 aromatic carbocycles. The Kier molecular flexibility index (Phi) is 3.06. The fourth-order valence-corrected chi connectivity index (χ4v) is 2.30. The van der Waals surface area contributed by atoms with E-state index in [0.717, 1.165) is 6.54 Å². The van der Waals surface area contributed by atoms with Crippen LogP contribution in [0, 0.1) is 0 Å². The third-order valence-corrected chi connectivity index (χ3v) is 3.53. The number of likely N-dealkylation sites (N-methyl/N-ethyl adjacent to an activating group) is 1. The molecule has 2 heterocycles. The molecule has 0 bridgehead atoms. The second-order valence-corrected chi connectivity index (χ2v) is 4.60. The second-order valence-electron chi connectivity index (χ2n) is 4.60. The first-order valence-corrected chi connectivity index (χ1v) is 5.75. The maximum absolute atomic E-state index is 4.55. The lowest BCUT2D eigenvalue weighted by Crippen LogP contribution is -2.41. The number of aliphatic imine (C=N–C) groups is 1. The molecule has 2 aliphatic heterocycles. The van der Waals surface area contributed by atoms with Crippen molar-refractivity contribution in [3.05, 3.63) is 0 Å². The molecule has 0 N–H and O–H groups in total. The molecule has 2 atom stereocenters. The van der Waals surface area contributed by atoms with Crippen LogP contribution in [0.3, 0.4) is 0 Å². The molecular weight excluding hydrogens is 174 g/mol. The lowest BCUT2D eigenvalue weighted by Gasteiger charge is -2.30. The van der Waals surface area contributed by atoms with Crippen molar-refractivity contribution in [1.82, 2.24) is 9.80 Å². The van der Waals surface area contributed by atoms with E-state index >= 15 is 0 Å². The van der Waals surface area contributed by atoms with Crippen molar-refractivity contribution >= 4 is 6.34 Å². The first-order chi connectivity index (χ1) is 6.77. The summed E-state index contributed by atoms with van der Waals surface area (Å²) < 4.78 is 0. The Balaban J connectivity index is 1.82. The molecule has 2 aliphatic rings. The predicted octanol–water partition coefficient (Wildman–Crippen LogP) is 1.20. The topological polar surface area (TPSA) is 18.8 Å². The van der Waals surface area contributed by atoms with Gasteiger partial charge in [-0.15, -0.1) is 0 Å². The lowest BCUT2D eigenvalue weighted by molar-refractivity contribution is 0.200. The van der Waals surface area contributed by atoms with Gasteiger partial charge >= 0.3 is 0 Å². The Hall–Kier alpha value is -0.570. The van der Waals surface area contributed by atoms with Gasteiger partial charge in [0.2, 0.25) is 0 Å². The normalized spacial score (nSPS) is 34.0. The van der Waals surface area contributed by atoms with Gasteiger partial charge in [-0.05, 0) is 32.9 Å². The largest absolute Gasteiger partial charge is 0.361 e. The van der Waals surface area contributed by atoms with E-state index < -0.39 is 0 Å². The SMILES string of the molecule is CC1C(CN2CCCCC2)N=CN1C. The fourth-order valence-electron chi connectivity index (χ4n) is 2.30. The first-order valence-electron chi connectivity index (χ1n) is 5.75. The highest BCUT2D eigenvalue weighted by Crippen LogP contribution is 2.15. The molecular formula is C11H21N3. The molecule has 2 rings (SSSR count). The quantitative estimate of drug-likeness (QED) is 0.659. The summed E-state index contributed by atoms with van der Waals surface area (Å²) >= 11 is 0. The minimum absolute atomic E-state index is 0.498. The van der Waals surface area contributed by atoms with Crippen molar-refractivity contribution in [3.63, 3.8) is 0 Å². The van der Waals surface area contributed by atoms with Crippen LogP contribution in [0.4, 0.5) is 0 Å². The monoisotopic (exact) mass is 195 g/mol. The predicted molar refractivity (Wildman–Crippen MR) is 59.8 cm³/mol. The Morgan fingerprint density at radius 2 is 2.00 bits per heavy atom. The smallest absolute Gasteiger partial charge is 0.0855 e. The van der Waals surface area contributed by atoms with Crippen LogP contribution in [0.15, 0.2) is 4.99 Å². The molecule has 1 fully saturated rings. The van der Waals surface area contributed by atoms with Crippen LogP contribution in [0.2, 0.25) is 0 Å². The number of nitrogens with zero attached hydrogens (tertiary/aromatic N) is 3. The van der Waals surface area contributed by atoms with Crippen molar-refractivity contribution in [3.8, 4) is 0 Å². The molecule has 2 unspecified atom stereocenters. The molecule has 0 radical (unpaired) electrons. The van der Waals surface area contributed by atoms with Gasteiger partial charge in [-0.2, -0.15) is 0 Å². The van der Waals surface area contributed by atoms with Gasteiger partial charge < -0.3 is 9.80 Å². The summed E-state index contributed by atoms with van der Waals surface area (Å²) in [4.78, 5) is 9.34. The molecule has 3 heteroatoms. The maximum atomic E-state index is 4.55. The van der Waals surface area contributed by atoms with E-state index in [1.54, 1.807) is 0 Å². The van der Waals surface area contributed by atoms with E-state index in [1.165, 1.54) is 32.4 Å². The molecule has 0 aromatic rings. The lowest BCUT2D eigenvalue weighted by atomic mass is 10.1. The van der Waals surface area contributed by atoms with E-state index in [4.69, 9.17) is 0 Å². The van der Waals surface area contributed by atoms with Crippen molar-refractivity contribution in [2.45, 2.75) is 38.3 Å². The standard InChI is InChI=1S/C11H21N3/c1-10-11(12-9-13(10)2)8-14-6-4-3-5-7-14/h9-11H,3-8H2,1-2H3. The third-order valence-electron chi connectivity index (χ3n) is 3.53. The summed E-state index contributed by atoms with van der Waals surface area (Å²) in [5.74, 6) is 0. The van der Waals surface area contributed by atoms with Gasteiger partial charge in [-0.25, -0.2) is 0 Å². The maximum Gasteiger partial charge on any atom is 0.0855 e. The number of hydrogen-bond acceptors (Lipinski definition) is 3. The van der Waals surface area contributed by atoms with Gasteiger partial charge in [-0.3, -0.25) is 4.99 Å². The van der Waals surface area contributed by atoms with Crippen LogP contribution < -0.4 is 0 Å². The fraction of sp³-hybridized carbons (Fsp3) is 0.909. The zero-order chi connectivity index (χ0) is 9.97. The minimum atomic E-state index is 0.498. The molecule has 0 spiro atoms. The van der Waals surface area contributed by atoms with Crippen LogP contribution in [-0.2, 0) is 0 Å². The van der Waals surface area contributed by atoms with Crippen LogP contribution in [0.25, 0.3) is 0 Å². The van der Waals surface area contributed by atoms with Gasteiger partial charge in [-0.1, -0.05) is 6.42 Å². The summed E-state index contributed by atoms with van der Waals surface area (Å²) in [5, 5.41) is 0. The average Bonchev–Trinajstić information content (AvgIpc) is 2.52. The van der Waals surface area contributed by atoms with Crippen molar-refractivity contribution in [2.24, 2.45) is 4.99 Å². The van der Waals surface area contributed by atoms with E-state index in [9.17, 15) is 0 Å². The number of rotatable bonds is 2. The molecule has 80 valence electrons. The first kappa shape index (κ1) is 9.97. The zero-order valence-electron chi connectivity index (χ0n) is 9.32. The van der Waals surface area contributed by atoms with Gasteiger partial charge in [0.1, 0.15) is 0 Å². The average molecular weight is 195 g/mol. The van der Waals surface area contributed by atoms with E-state index in [-0.39, 0.29) is 0 Å². The van der Waals surface area contributed by atoms with E-state index in [0.29, 0.717) is 12.1 Å². The van der Waals surface area contributed by atoms with Crippen LogP contribution >= 0.6 is 0 Å². The summed E-state index contributed by atoms with van der Waals surface area (Å²) in [5.41, 5.74) is 0. The number of likely N-dealkylation sites (tertiary alicyclic amines) is 1. The van der Waals surface area contributed by atoms with Crippen LogP contribution in [-0.4, -0.2) is 54.9 Å². The Morgan fingerprint density at radius 3 is 2.57 bits per heavy atom. The van der Waals surface area contributed by atoms with Crippen LogP contribution in [0.5, 0.6) is 0 Å². The van der Waals surface area contributed by atoms with Gasteiger partial charge in [0.25, 0.3) is 0 Å². The summed E-state index contributed by atoms with van der Waals surface area (Å²) in [6.07, 6.45) is 6.15. The molecule has 0 aliphatic carbocycles. The van der Waals surface area contributed by atoms with Crippen molar-refractivity contribution in [1.29, 1.82) is 0 Å².